The van der Waals surface area contributed by atoms with Crippen LogP contribution in [0.15, 0.2) is 67.1 Å². The van der Waals surface area contributed by atoms with Gasteiger partial charge in [0.2, 0.25) is 0 Å². The fraction of sp³-hybridized carbons (Fsp3) is 0.158. The van der Waals surface area contributed by atoms with Crippen LogP contribution in [0.1, 0.15) is 25.3 Å². The number of hydrogen-bond donors (Lipinski definition) is 3. The van der Waals surface area contributed by atoms with E-state index < -0.39 is 0 Å². The average Bonchev–Trinajstić information content (AvgIpc) is 2.91. The Hall–Kier alpha value is -2.68. The summed E-state index contributed by atoms with van der Waals surface area (Å²) in [5, 5.41) is 7.76. The summed E-state index contributed by atoms with van der Waals surface area (Å²) in [6.07, 6.45) is 1.96. The number of H-pyrrole nitrogens is 1. The second-order valence-corrected chi connectivity index (χ2v) is 5.75. The number of para-hydroxylation sites is 1. The van der Waals surface area contributed by atoms with Crippen molar-refractivity contribution in [1.29, 1.82) is 0 Å². The predicted octanol–water partition coefficient (Wildman–Crippen LogP) is 5.29. The fourth-order valence-corrected chi connectivity index (χ4v) is 2.49. The van der Waals surface area contributed by atoms with E-state index in [4.69, 9.17) is 0 Å². The molecule has 0 amide bonds. The third-order valence-corrected chi connectivity index (χ3v) is 3.75. The normalized spacial score (nSPS) is 10.9. The number of aromatic amines is 1. The molecule has 3 rings (SSSR count). The smallest absolute Gasteiger partial charge is 0.100 e. The van der Waals surface area contributed by atoms with E-state index in [0.717, 1.165) is 28.1 Å². The van der Waals surface area contributed by atoms with Gasteiger partial charge in [-0.1, -0.05) is 50.8 Å². The van der Waals surface area contributed by atoms with Crippen molar-refractivity contribution >= 4 is 22.3 Å². The first-order valence-corrected chi connectivity index (χ1v) is 7.52. The topological polar surface area (TPSA) is 39.8 Å². The van der Waals surface area contributed by atoms with Gasteiger partial charge in [-0.25, -0.2) is 0 Å². The minimum atomic E-state index is 0.543. The van der Waals surface area contributed by atoms with Gasteiger partial charge in [-0.3, -0.25) is 0 Å². The van der Waals surface area contributed by atoms with Crippen LogP contribution in [0.3, 0.4) is 0 Å². The van der Waals surface area contributed by atoms with Crippen molar-refractivity contribution in [2.24, 2.45) is 0 Å². The molecule has 1 aromatic heterocycles. The molecule has 3 N–H and O–H groups in total. The van der Waals surface area contributed by atoms with Crippen molar-refractivity contribution in [3.8, 4) is 0 Å². The van der Waals surface area contributed by atoms with Crippen LogP contribution in [0, 0.1) is 0 Å². The predicted molar refractivity (Wildman–Crippen MR) is 95.2 cm³/mol. The number of anilines is 2. The summed E-state index contributed by atoms with van der Waals surface area (Å²) in [5.41, 5.74) is 4.49. The Morgan fingerprint density at radius 2 is 1.73 bits per heavy atom. The highest BCUT2D eigenvalue weighted by atomic mass is 15.1. The first-order chi connectivity index (χ1) is 10.6. The maximum absolute atomic E-state index is 4.05. The molecule has 0 atom stereocenters. The minimum Gasteiger partial charge on any atom is -0.359 e. The fourth-order valence-electron chi connectivity index (χ4n) is 2.49. The molecule has 0 aliphatic heterocycles. The lowest BCUT2D eigenvalue weighted by atomic mass is 10.0. The summed E-state index contributed by atoms with van der Waals surface area (Å²) in [7, 11) is 0. The van der Waals surface area contributed by atoms with Crippen molar-refractivity contribution in [2.75, 3.05) is 10.6 Å². The number of nitrogens with one attached hydrogen (secondary N) is 3. The molecule has 0 radical (unpaired) electrons. The van der Waals surface area contributed by atoms with Crippen LogP contribution < -0.4 is 10.6 Å². The van der Waals surface area contributed by atoms with Gasteiger partial charge in [0.15, 0.2) is 0 Å². The van der Waals surface area contributed by atoms with Crippen molar-refractivity contribution in [3.63, 3.8) is 0 Å². The molecule has 0 saturated carbocycles. The van der Waals surface area contributed by atoms with Crippen LogP contribution in [0.25, 0.3) is 10.9 Å². The van der Waals surface area contributed by atoms with Gasteiger partial charge in [-0.2, -0.15) is 0 Å². The standard InChI is InChI=1S/C19H21N3/c1-13(2)15-8-10-16(11-9-15)21-14(3)22-19-12-20-18-7-5-4-6-17(18)19/h4-13,20-22H,3H2,1-2H3. The molecule has 0 aliphatic rings. The van der Waals surface area contributed by atoms with E-state index in [1.165, 1.54) is 5.56 Å². The van der Waals surface area contributed by atoms with E-state index in [9.17, 15) is 0 Å². The highest BCUT2D eigenvalue weighted by Crippen LogP contribution is 2.24. The molecule has 2 aromatic carbocycles. The summed E-state index contributed by atoms with van der Waals surface area (Å²) in [5.74, 6) is 1.30. The van der Waals surface area contributed by atoms with Crippen molar-refractivity contribution < 1.29 is 0 Å². The number of hydrogen-bond acceptors (Lipinski definition) is 2. The molecular formula is C19H21N3. The zero-order chi connectivity index (χ0) is 15.5. The molecule has 0 bridgehead atoms. The van der Waals surface area contributed by atoms with Crippen molar-refractivity contribution in [2.45, 2.75) is 19.8 Å². The van der Waals surface area contributed by atoms with Gasteiger partial charge >= 0.3 is 0 Å². The zero-order valence-corrected chi connectivity index (χ0v) is 13.0. The maximum Gasteiger partial charge on any atom is 0.100 e. The van der Waals surface area contributed by atoms with Crippen LogP contribution in [-0.4, -0.2) is 4.98 Å². The molecule has 0 fully saturated rings. The minimum absolute atomic E-state index is 0.543. The van der Waals surface area contributed by atoms with Crippen LogP contribution in [0.2, 0.25) is 0 Å². The van der Waals surface area contributed by atoms with E-state index >= 15 is 0 Å². The third kappa shape index (κ3) is 2.98. The van der Waals surface area contributed by atoms with E-state index in [0.29, 0.717) is 5.92 Å². The maximum atomic E-state index is 4.05. The van der Waals surface area contributed by atoms with E-state index in [1.807, 2.05) is 18.3 Å². The van der Waals surface area contributed by atoms with Crippen molar-refractivity contribution in [1.82, 2.24) is 4.98 Å². The van der Waals surface area contributed by atoms with Gasteiger partial charge in [0.05, 0.1) is 5.69 Å². The quantitative estimate of drug-likeness (QED) is 0.598. The largest absolute Gasteiger partial charge is 0.359 e. The highest BCUT2D eigenvalue weighted by molar-refractivity contribution is 5.93. The van der Waals surface area contributed by atoms with E-state index in [-0.39, 0.29) is 0 Å². The average molecular weight is 291 g/mol. The Morgan fingerprint density at radius 3 is 2.45 bits per heavy atom. The monoisotopic (exact) mass is 291 g/mol. The lowest BCUT2D eigenvalue weighted by Crippen LogP contribution is -2.07. The number of aromatic nitrogens is 1. The Kier molecular flexibility index (Phi) is 3.88. The van der Waals surface area contributed by atoms with Gasteiger partial charge in [-0.15, -0.1) is 0 Å². The van der Waals surface area contributed by atoms with Crippen LogP contribution in [-0.2, 0) is 0 Å². The summed E-state index contributed by atoms with van der Waals surface area (Å²) in [6.45, 7) is 8.44. The molecule has 3 aromatic rings. The van der Waals surface area contributed by atoms with Gasteiger partial charge in [0.25, 0.3) is 0 Å². The van der Waals surface area contributed by atoms with Gasteiger partial charge in [0.1, 0.15) is 5.82 Å². The molecule has 3 heteroatoms. The Morgan fingerprint density at radius 1 is 1.00 bits per heavy atom. The summed E-state index contributed by atoms with van der Waals surface area (Å²) < 4.78 is 0. The van der Waals surface area contributed by atoms with Crippen LogP contribution in [0.4, 0.5) is 11.4 Å². The van der Waals surface area contributed by atoms with Gasteiger partial charge in [0, 0.05) is 22.8 Å². The highest BCUT2D eigenvalue weighted by Gasteiger charge is 2.04. The SMILES string of the molecule is C=C(Nc1ccc(C(C)C)cc1)Nc1c[nH]c2ccccc12. The first-order valence-electron chi connectivity index (χ1n) is 7.52. The molecule has 112 valence electrons. The molecule has 0 aliphatic carbocycles. The first kappa shape index (κ1) is 14.3. The van der Waals surface area contributed by atoms with Gasteiger partial charge in [-0.05, 0) is 29.7 Å². The third-order valence-electron chi connectivity index (χ3n) is 3.75. The van der Waals surface area contributed by atoms with Crippen LogP contribution >= 0.6 is 0 Å². The number of fused-ring (bicyclic) bond motifs is 1. The molecular weight excluding hydrogens is 270 g/mol. The van der Waals surface area contributed by atoms with E-state index in [1.54, 1.807) is 0 Å². The van der Waals surface area contributed by atoms with E-state index in [2.05, 4.69) is 72.4 Å². The summed E-state index contributed by atoms with van der Waals surface area (Å²) >= 11 is 0. The molecule has 0 saturated heterocycles. The molecule has 22 heavy (non-hydrogen) atoms. The lowest BCUT2D eigenvalue weighted by Gasteiger charge is -2.13. The molecule has 0 spiro atoms. The van der Waals surface area contributed by atoms with Crippen molar-refractivity contribution in [3.05, 3.63) is 72.7 Å². The van der Waals surface area contributed by atoms with Gasteiger partial charge < -0.3 is 15.6 Å². The summed E-state index contributed by atoms with van der Waals surface area (Å²) in [6, 6.07) is 16.6. The second kappa shape index (κ2) is 5.98. The molecule has 1 heterocycles. The zero-order valence-electron chi connectivity index (χ0n) is 13.0. The summed E-state index contributed by atoms with van der Waals surface area (Å²) in [4.78, 5) is 3.25. The Bertz CT molecular complexity index is 782. The Labute approximate surface area is 131 Å². The lowest BCUT2D eigenvalue weighted by molar-refractivity contribution is 0.867. The molecule has 3 nitrogen and oxygen atoms in total. The molecule has 0 unspecified atom stereocenters. The Balaban J connectivity index is 1.69. The van der Waals surface area contributed by atoms with Crippen LogP contribution in [0.5, 0.6) is 0 Å². The number of rotatable bonds is 5. The second-order valence-electron chi connectivity index (χ2n) is 5.75. The number of benzene rings is 2.